The van der Waals surface area contributed by atoms with Gasteiger partial charge in [0.2, 0.25) is 0 Å². The van der Waals surface area contributed by atoms with Crippen molar-refractivity contribution in [1.29, 1.82) is 0 Å². The number of hydrogen-bond acceptors (Lipinski definition) is 4. The van der Waals surface area contributed by atoms with Gasteiger partial charge in [0.05, 0.1) is 0 Å². The van der Waals surface area contributed by atoms with E-state index in [0.717, 1.165) is 39.3 Å². The highest BCUT2D eigenvalue weighted by molar-refractivity contribution is 5.92. The zero-order chi connectivity index (χ0) is 20.8. The number of hydrogen-bond donors (Lipinski definition) is 1. The molecule has 1 amide bonds. The molecule has 0 saturated carbocycles. The first-order chi connectivity index (χ1) is 14.7. The average Bonchev–Trinajstić information content (AvgIpc) is 3.26. The highest BCUT2D eigenvalue weighted by atomic mass is 19.1. The predicted octanol–water partition coefficient (Wildman–Crippen LogP) is 2.56. The number of aromatic nitrogens is 2. The lowest BCUT2D eigenvalue weighted by Gasteiger charge is -2.34. The summed E-state index contributed by atoms with van der Waals surface area (Å²) in [6, 6.07) is 18.5. The Morgan fingerprint density at radius 3 is 2.40 bits per heavy atom. The molecule has 2 heterocycles. The van der Waals surface area contributed by atoms with Gasteiger partial charge < -0.3 is 5.32 Å². The van der Waals surface area contributed by atoms with E-state index in [4.69, 9.17) is 0 Å². The first kappa shape index (κ1) is 20.3. The van der Waals surface area contributed by atoms with Crippen molar-refractivity contribution in [2.45, 2.75) is 6.54 Å². The standard InChI is InChI=1S/C23H26FN5O/c24-20-8-4-5-9-22(20)29-12-10-21(26-29)23(30)25-11-13-27-14-16-28(17-15-27)18-19-6-2-1-3-7-19/h1-10,12H,11,13-18H2,(H,25,30). The van der Waals surface area contributed by atoms with Crippen LogP contribution in [0.4, 0.5) is 4.39 Å². The molecule has 1 fully saturated rings. The van der Waals surface area contributed by atoms with Crippen molar-refractivity contribution < 1.29 is 9.18 Å². The predicted molar refractivity (Wildman–Crippen MR) is 114 cm³/mol. The van der Waals surface area contributed by atoms with Crippen molar-refractivity contribution in [2.75, 3.05) is 39.3 Å². The summed E-state index contributed by atoms with van der Waals surface area (Å²) in [4.78, 5) is 17.2. The molecule has 3 aromatic rings. The molecule has 0 bridgehead atoms. The summed E-state index contributed by atoms with van der Waals surface area (Å²) in [6.45, 7) is 6.38. The van der Waals surface area contributed by atoms with Crippen LogP contribution in [0.15, 0.2) is 66.9 Å². The Labute approximate surface area is 175 Å². The second kappa shape index (κ2) is 9.65. The molecule has 1 aliphatic heterocycles. The van der Waals surface area contributed by atoms with Crippen LogP contribution in [0, 0.1) is 5.82 Å². The minimum Gasteiger partial charge on any atom is -0.349 e. The van der Waals surface area contributed by atoms with Crippen LogP contribution < -0.4 is 5.32 Å². The summed E-state index contributed by atoms with van der Waals surface area (Å²) in [6.07, 6.45) is 1.60. The van der Waals surface area contributed by atoms with E-state index in [1.807, 2.05) is 6.07 Å². The Hall–Kier alpha value is -3.03. The van der Waals surface area contributed by atoms with E-state index in [9.17, 15) is 9.18 Å². The Balaban J connectivity index is 1.20. The lowest BCUT2D eigenvalue weighted by molar-refractivity contribution is 0.0929. The summed E-state index contributed by atoms with van der Waals surface area (Å²) in [7, 11) is 0. The highest BCUT2D eigenvalue weighted by Crippen LogP contribution is 2.12. The second-order valence-corrected chi connectivity index (χ2v) is 7.46. The number of para-hydroxylation sites is 1. The van der Waals surface area contributed by atoms with Gasteiger partial charge in [0.25, 0.3) is 5.91 Å². The topological polar surface area (TPSA) is 53.4 Å². The van der Waals surface area contributed by atoms with Gasteiger partial charge >= 0.3 is 0 Å². The molecule has 0 unspecified atom stereocenters. The van der Waals surface area contributed by atoms with Crippen LogP contribution in [0.25, 0.3) is 5.69 Å². The van der Waals surface area contributed by atoms with Gasteiger partial charge in [-0.25, -0.2) is 9.07 Å². The van der Waals surface area contributed by atoms with Crippen LogP contribution >= 0.6 is 0 Å². The summed E-state index contributed by atoms with van der Waals surface area (Å²) < 4.78 is 15.3. The molecule has 2 aromatic carbocycles. The van der Waals surface area contributed by atoms with Crippen molar-refractivity contribution in [3.8, 4) is 5.69 Å². The Morgan fingerprint density at radius 1 is 0.933 bits per heavy atom. The lowest BCUT2D eigenvalue weighted by Crippen LogP contribution is -2.48. The zero-order valence-electron chi connectivity index (χ0n) is 16.9. The lowest BCUT2D eigenvalue weighted by atomic mass is 10.2. The van der Waals surface area contributed by atoms with Crippen LogP contribution in [0.2, 0.25) is 0 Å². The molecule has 1 N–H and O–H groups in total. The van der Waals surface area contributed by atoms with E-state index in [2.05, 4.69) is 44.5 Å². The van der Waals surface area contributed by atoms with Gasteiger partial charge in [0.15, 0.2) is 5.69 Å². The van der Waals surface area contributed by atoms with Crippen molar-refractivity contribution in [1.82, 2.24) is 24.9 Å². The number of nitrogens with one attached hydrogen (secondary N) is 1. The summed E-state index contributed by atoms with van der Waals surface area (Å²) >= 11 is 0. The smallest absolute Gasteiger partial charge is 0.271 e. The van der Waals surface area contributed by atoms with Crippen molar-refractivity contribution in [2.24, 2.45) is 0 Å². The number of carbonyl (C=O) groups is 1. The van der Waals surface area contributed by atoms with E-state index < -0.39 is 0 Å². The van der Waals surface area contributed by atoms with Gasteiger partial charge in [-0.1, -0.05) is 42.5 Å². The monoisotopic (exact) mass is 407 g/mol. The molecular formula is C23H26FN5O. The molecule has 0 radical (unpaired) electrons. The molecule has 0 spiro atoms. The Kier molecular flexibility index (Phi) is 6.51. The van der Waals surface area contributed by atoms with Crippen LogP contribution in [0.5, 0.6) is 0 Å². The summed E-state index contributed by atoms with van der Waals surface area (Å²) in [5.41, 5.74) is 1.95. The van der Waals surface area contributed by atoms with E-state index in [1.165, 1.54) is 16.3 Å². The number of benzene rings is 2. The molecule has 0 aliphatic carbocycles. The fraction of sp³-hybridized carbons (Fsp3) is 0.304. The molecule has 156 valence electrons. The fourth-order valence-corrected chi connectivity index (χ4v) is 3.65. The minimum absolute atomic E-state index is 0.243. The minimum atomic E-state index is -0.376. The molecule has 0 atom stereocenters. The second-order valence-electron chi connectivity index (χ2n) is 7.46. The van der Waals surface area contributed by atoms with E-state index in [1.54, 1.807) is 30.5 Å². The van der Waals surface area contributed by atoms with E-state index in [-0.39, 0.29) is 17.4 Å². The van der Waals surface area contributed by atoms with E-state index in [0.29, 0.717) is 12.2 Å². The maximum absolute atomic E-state index is 13.9. The van der Waals surface area contributed by atoms with Crippen molar-refractivity contribution in [3.05, 3.63) is 83.9 Å². The third-order valence-electron chi connectivity index (χ3n) is 5.35. The third-order valence-corrected chi connectivity index (χ3v) is 5.35. The molecule has 1 saturated heterocycles. The first-order valence-corrected chi connectivity index (χ1v) is 10.3. The highest BCUT2D eigenvalue weighted by Gasteiger charge is 2.17. The Bertz CT molecular complexity index is 966. The number of rotatable bonds is 7. The van der Waals surface area contributed by atoms with Gasteiger partial charge in [-0.05, 0) is 23.8 Å². The molecule has 7 heteroatoms. The number of nitrogens with zero attached hydrogens (tertiary/aromatic N) is 4. The zero-order valence-corrected chi connectivity index (χ0v) is 16.9. The maximum atomic E-state index is 13.9. The van der Waals surface area contributed by atoms with Crippen LogP contribution in [0.1, 0.15) is 16.1 Å². The van der Waals surface area contributed by atoms with Gasteiger partial charge in [-0.15, -0.1) is 0 Å². The third kappa shape index (κ3) is 5.11. The Morgan fingerprint density at radius 2 is 1.63 bits per heavy atom. The number of amides is 1. The average molecular weight is 407 g/mol. The molecule has 4 rings (SSSR count). The molecular weight excluding hydrogens is 381 g/mol. The molecule has 6 nitrogen and oxygen atoms in total. The van der Waals surface area contributed by atoms with Gasteiger partial charge in [-0.2, -0.15) is 5.10 Å². The van der Waals surface area contributed by atoms with Gasteiger partial charge in [0, 0.05) is 52.0 Å². The summed E-state index contributed by atoms with van der Waals surface area (Å²) in [5, 5.41) is 7.11. The summed E-state index contributed by atoms with van der Waals surface area (Å²) in [5.74, 6) is -0.619. The van der Waals surface area contributed by atoms with E-state index >= 15 is 0 Å². The van der Waals surface area contributed by atoms with Crippen molar-refractivity contribution in [3.63, 3.8) is 0 Å². The van der Waals surface area contributed by atoms with Gasteiger partial charge in [-0.3, -0.25) is 14.6 Å². The fourth-order valence-electron chi connectivity index (χ4n) is 3.65. The molecule has 1 aliphatic rings. The number of carbonyl (C=O) groups excluding carboxylic acids is 1. The molecule has 1 aromatic heterocycles. The number of piperazine rings is 1. The van der Waals surface area contributed by atoms with Gasteiger partial charge in [0.1, 0.15) is 11.5 Å². The largest absolute Gasteiger partial charge is 0.349 e. The number of halogens is 1. The van der Waals surface area contributed by atoms with Crippen LogP contribution in [-0.4, -0.2) is 64.8 Å². The van der Waals surface area contributed by atoms with Crippen molar-refractivity contribution >= 4 is 5.91 Å². The first-order valence-electron chi connectivity index (χ1n) is 10.3. The van der Waals surface area contributed by atoms with Crippen LogP contribution in [-0.2, 0) is 6.54 Å². The normalized spacial score (nSPS) is 15.2. The van der Waals surface area contributed by atoms with Crippen LogP contribution in [0.3, 0.4) is 0 Å². The maximum Gasteiger partial charge on any atom is 0.271 e. The SMILES string of the molecule is O=C(NCCN1CCN(Cc2ccccc2)CC1)c1ccn(-c2ccccc2F)n1. The molecule has 30 heavy (non-hydrogen) atoms. The quantitative estimate of drug-likeness (QED) is 0.654.